The number of carbonyl (C=O) groups excluding carboxylic acids is 3. The van der Waals surface area contributed by atoms with Crippen molar-refractivity contribution in [3.05, 3.63) is 24.3 Å². The molecule has 77 heavy (non-hydrogen) atoms. The van der Waals surface area contributed by atoms with Gasteiger partial charge in [0.2, 0.25) is 17.7 Å². The summed E-state index contributed by atoms with van der Waals surface area (Å²) in [5.74, 6) is 3.82. The third kappa shape index (κ3) is 7.91. The second kappa shape index (κ2) is 19.0. The summed E-state index contributed by atoms with van der Waals surface area (Å²) in [6.45, 7) is 46.4. The Bertz CT molecular complexity index is 2410. The molecule has 0 saturated heterocycles. The lowest BCUT2D eigenvalue weighted by Gasteiger charge is -2.73. The number of amides is 3. The van der Waals surface area contributed by atoms with Gasteiger partial charge >= 0.3 is 5.97 Å². The highest BCUT2D eigenvalue weighted by Gasteiger charge is 2.74. The lowest BCUT2D eigenvalue weighted by molar-refractivity contribution is -0.240. The van der Waals surface area contributed by atoms with Crippen molar-refractivity contribution < 1.29 is 24.3 Å². The predicted molar refractivity (Wildman–Crippen MR) is 311 cm³/mol. The SMILES string of the molecule is C=C(C)C1CCC2(C(=O)NCC(C)C(=O)NC(CNC(=O)C34CCC(C(=C)C)C3C3CCC5C6(C)CCC(C)C(C)(C)C6CCC5(C)C3(C)CC4)C(=O)O)CCC3(C)C(CCC4C5(C)CCC(C)C(C)(C)C5CCC43C)C12. The van der Waals surface area contributed by atoms with Crippen LogP contribution in [0.25, 0.3) is 0 Å². The molecule has 0 heterocycles. The third-order valence-corrected chi connectivity index (χ3v) is 30.2. The van der Waals surface area contributed by atoms with Crippen LogP contribution in [0.1, 0.15) is 232 Å². The molecule has 432 valence electrons. The van der Waals surface area contributed by atoms with Crippen LogP contribution in [-0.4, -0.2) is 47.9 Å². The summed E-state index contributed by atoms with van der Waals surface area (Å²) < 4.78 is 0. The molecule has 0 aromatic carbocycles. The molecule has 4 N–H and O–H groups in total. The highest BCUT2D eigenvalue weighted by atomic mass is 16.4. The molecule has 0 aromatic heterocycles. The molecule has 0 aliphatic heterocycles. The van der Waals surface area contributed by atoms with Crippen LogP contribution in [0.15, 0.2) is 24.3 Å². The Balaban J connectivity index is 0.800. The Labute approximate surface area is 468 Å². The highest BCUT2D eigenvalue weighted by Crippen LogP contribution is 2.80. The van der Waals surface area contributed by atoms with Gasteiger partial charge in [-0.25, -0.2) is 4.79 Å². The van der Waals surface area contributed by atoms with Gasteiger partial charge in [-0.2, -0.15) is 0 Å². The Morgan fingerprint density at radius 2 is 0.896 bits per heavy atom. The maximum atomic E-state index is 15.1. The zero-order valence-corrected chi connectivity index (χ0v) is 51.6. The molecule has 0 radical (unpaired) electrons. The summed E-state index contributed by atoms with van der Waals surface area (Å²) in [5.41, 5.74) is 3.20. The van der Waals surface area contributed by atoms with Crippen molar-refractivity contribution in [1.82, 2.24) is 16.0 Å². The van der Waals surface area contributed by atoms with Crippen LogP contribution in [-0.2, 0) is 19.2 Å². The fourth-order valence-corrected chi connectivity index (χ4v) is 24.8. The van der Waals surface area contributed by atoms with Crippen molar-refractivity contribution in [3.8, 4) is 0 Å². The van der Waals surface area contributed by atoms with Gasteiger partial charge in [0.1, 0.15) is 6.04 Å². The number of aliphatic carboxylic acids is 1. The standard InChI is InChI=1S/C69H111N3O5/c1-40(2)45-24-32-68(36-34-64(14)47(54(45)68)18-20-52-62(12)28-22-43(6)60(8,9)50(62)26-30-66(52,64)16)58(76)70-38-42(5)56(73)72-49(57(74)75)39-71-59(77)69-33-25-46(41(3)4)55(69)48-19-21-53-63(13)29-23-44(7)61(10,11)51(63)27-31-67(53,17)65(48,15)35-37-69/h42-55H,1,3,18-39H2,2,4-17H3,(H,70,76)(H,71,77)(H,72,73)(H,74,75). The van der Waals surface area contributed by atoms with Gasteiger partial charge in [0.25, 0.3) is 0 Å². The molecule has 10 saturated carbocycles. The fraction of sp³-hybridized carbons (Fsp3) is 0.884. The smallest absolute Gasteiger partial charge is 0.328 e. The third-order valence-electron chi connectivity index (χ3n) is 30.2. The number of carbonyl (C=O) groups is 4. The number of nitrogens with one attached hydrogen (secondary N) is 3. The van der Waals surface area contributed by atoms with Crippen molar-refractivity contribution in [2.45, 2.75) is 238 Å². The second-order valence-corrected chi connectivity index (χ2v) is 32.9. The molecule has 0 spiro atoms. The van der Waals surface area contributed by atoms with Gasteiger partial charge in [0.05, 0.1) is 16.7 Å². The summed E-state index contributed by atoms with van der Waals surface area (Å²) >= 11 is 0. The van der Waals surface area contributed by atoms with Gasteiger partial charge in [-0.05, 0) is 257 Å². The molecule has 22 unspecified atom stereocenters. The molecule has 0 aromatic rings. The van der Waals surface area contributed by atoms with Crippen LogP contribution in [0.3, 0.4) is 0 Å². The van der Waals surface area contributed by atoms with Crippen molar-refractivity contribution in [3.63, 3.8) is 0 Å². The van der Waals surface area contributed by atoms with Crippen LogP contribution < -0.4 is 16.0 Å². The maximum Gasteiger partial charge on any atom is 0.328 e. The Morgan fingerprint density at radius 3 is 1.29 bits per heavy atom. The average molecular weight is 1060 g/mol. The number of carboxylic acid groups (broad SMARTS) is 1. The van der Waals surface area contributed by atoms with E-state index in [0.29, 0.717) is 51.2 Å². The van der Waals surface area contributed by atoms with Crippen molar-refractivity contribution in [2.75, 3.05) is 13.1 Å². The first kappa shape index (κ1) is 57.6. The van der Waals surface area contributed by atoms with E-state index in [2.05, 4.69) is 126 Å². The first-order valence-electron chi connectivity index (χ1n) is 32.2. The minimum atomic E-state index is -1.29. The van der Waals surface area contributed by atoms with E-state index in [-0.39, 0.29) is 64.3 Å². The summed E-state index contributed by atoms with van der Waals surface area (Å²) in [5, 5.41) is 20.0. The van der Waals surface area contributed by atoms with Crippen molar-refractivity contribution in [1.29, 1.82) is 0 Å². The van der Waals surface area contributed by atoms with Gasteiger partial charge in [-0.15, -0.1) is 0 Å². The van der Waals surface area contributed by atoms with Crippen molar-refractivity contribution in [2.24, 2.45) is 131 Å². The normalized spacial score (nSPS) is 49.7. The number of allylic oxidation sites excluding steroid dienone is 2. The van der Waals surface area contributed by atoms with Gasteiger partial charge in [-0.1, -0.05) is 114 Å². The number of carboxylic acids is 1. The van der Waals surface area contributed by atoms with E-state index >= 15 is 9.59 Å². The molecule has 3 amide bonds. The van der Waals surface area contributed by atoms with Gasteiger partial charge in [0.15, 0.2) is 0 Å². The molecule has 10 rings (SSSR count). The Morgan fingerprint density at radius 1 is 0.494 bits per heavy atom. The van der Waals surface area contributed by atoms with E-state index in [4.69, 9.17) is 0 Å². The minimum Gasteiger partial charge on any atom is -0.480 e. The zero-order chi connectivity index (χ0) is 56.2. The number of fused-ring (bicyclic) bond motifs is 14. The van der Waals surface area contributed by atoms with E-state index in [1.165, 1.54) is 81.8 Å². The molecular formula is C69H111N3O5. The van der Waals surface area contributed by atoms with Crippen LogP contribution in [0, 0.1) is 131 Å². The maximum absolute atomic E-state index is 15.1. The molecular weight excluding hydrogens is 951 g/mol. The molecule has 22 atom stereocenters. The summed E-state index contributed by atoms with van der Waals surface area (Å²) in [6.07, 6.45) is 22.4. The molecule has 10 aliphatic carbocycles. The second-order valence-electron chi connectivity index (χ2n) is 32.9. The van der Waals surface area contributed by atoms with Crippen LogP contribution in [0.2, 0.25) is 0 Å². The van der Waals surface area contributed by atoms with E-state index in [9.17, 15) is 14.7 Å². The molecule has 8 heteroatoms. The quantitative estimate of drug-likeness (QED) is 0.153. The summed E-state index contributed by atoms with van der Waals surface area (Å²) in [4.78, 5) is 57.2. The van der Waals surface area contributed by atoms with E-state index in [1.807, 2.05) is 0 Å². The minimum absolute atomic E-state index is 0.0426. The van der Waals surface area contributed by atoms with Gasteiger partial charge in [0, 0.05) is 13.1 Å². The van der Waals surface area contributed by atoms with Gasteiger partial charge < -0.3 is 21.1 Å². The zero-order valence-electron chi connectivity index (χ0n) is 51.6. The summed E-state index contributed by atoms with van der Waals surface area (Å²) in [6, 6.07) is -1.29. The average Bonchev–Trinajstić information content (AvgIpc) is 3.97. The lowest BCUT2D eigenvalue weighted by atomic mass is 9.32. The lowest BCUT2D eigenvalue weighted by Crippen LogP contribution is -2.67. The molecule has 8 nitrogen and oxygen atoms in total. The van der Waals surface area contributed by atoms with E-state index in [0.717, 1.165) is 81.5 Å². The predicted octanol–water partition coefficient (Wildman–Crippen LogP) is 15.0. The highest BCUT2D eigenvalue weighted by molar-refractivity contribution is 5.88. The number of hydrogen-bond donors (Lipinski definition) is 4. The largest absolute Gasteiger partial charge is 0.480 e. The first-order chi connectivity index (χ1) is 35.8. The number of rotatable bonds is 11. The van der Waals surface area contributed by atoms with Gasteiger partial charge in [-0.3, -0.25) is 14.4 Å². The molecule has 10 aliphatic rings. The topological polar surface area (TPSA) is 125 Å². The fourth-order valence-electron chi connectivity index (χ4n) is 24.8. The van der Waals surface area contributed by atoms with Crippen LogP contribution >= 0.6 is 0 Å². The monoisotopic (exact) mass is 1060 g/mol. The number of hydrogen-bond acceptors (Lipinski definition) is 4. The van der Waals surface area contributed by atoms with Crippen molar-refractivity contribution >= 4 is 23.7 Å². The van der Waals surface area contributed by atoms with Crippen LogP contribution in [0.4, 0.5) is 0 Å². The van der Waals surface area contributed by atoms with Crippen LogP contribution in [0.5, 0.6) is 0 Å². The Kier molecular flexibility index (Phi) is 14.2. The Hall–Kier alpha value is -2.64. The first-order valence-corrected chi connectivity index (χ1v) is 32.2. The summed E-state index contributed by atoms with van der Waals surface area (Å²) in [7, 11) is 0. The van der Waals surface area contributed by atoms with E-state index < -0.39 is 34.7 Å². The molecule has 10 fully saturated rings. The van der Waals surface area contributed by atoms with E-state index in [1.54, 1.807) is 6.92 Å². The molecule has 0 bridgehead atoms.